The molecule has 22 heavy (non-hydrogen) atoms. The van der Waals surface area contributed by atoms with Gasteiger partial charge in [-0.3, -0.25) is 14.2 Å². The van der Waals surface area contributed by atoms with Crippen molar-refractivity contribution >= 4 is 16.7 Å². The molecule has 0 bridgehead atoms. The first-order valence-corrected chi connectivity index (χ1v) is 7.73. The van der Waals surface area contributed by atoms with E-state index in [0.29, 0.717) is 36.0 Å². The van der Waals surface area contributed by atoms with Crippen LogP contribution in [0, 0.1) is 6.92 Å². The van der Waals surface area contributed by atoms with Gasteiger partial charge in [0.05, 0.1) is 16.9 Å². The van der Waals surface area contributed by atoms with E-state index in [4.69, 9.17) is 0 Å². The van der Waals surface area contributed by atoms with Gasteiger partial charge in [0.1, 0.15) is 5.82 Å². The number of aromatic nitrogens is 2. The van der Waals surface area contributed by atoms with Crippen LogP contribution in [0.3, 0.4) is 0 Å². The Morgan fingerprint density at radius 1 is 1.36 bits per heavy atom. The topological polar surface area (TPSA) is 52.0 Å². The number of Topliss-reactive ketones (excluding diaryl/α,β-unsaturated/α-hetero) is 1. The lowest BCUT2D eigenvalue weighted by Gasteiger charge is -2.26. The predicted molar refractivity (Wildman–Crippen MR) is 87.2 cm³/mol. The maximum atomic E-state index is 13.0. The Bertz CT molecular complexity index is 833. The molecule has 2 aromatic rings. The van der Waals surface area contributed by atoms with Crippen molar-refractivity contribution in [2.45, 2.75) is 45.6 Å². The van der Waals surface area contributed by atoms with E-state index in [9.17, 15) is 9.59 Å². The first-order chi connectivity index (χ1) is 10.5. The molecule has 1 aromatic heterocycles. The summed E-state index contributed by atoms with van der Waals surface area (Å²) in [5, 5.41) is 0.622. The summed E-state index contributed by atoms with van der Waals surface area (Å²) in [4.78, 5) is 30.0. The van der Waals surface area contributed by atoms with Crippen LogP contribution in [-0.2, 0) is 11.2 Å². The number of aryl methyl sites for hydroxylation is 2. The summed E-state index contributed by atoms with van der Waals surface area (Å²) < 4.78 is 1.63. The molecule has 4 heteroatoms. The second-order valence-corrected chi connectivity index (χ2v) is 5.97. The van der Waals surface area contributed by atoms with E-state index in [1.54, 1.807) is 4.57 Å². The van der Waals surface area contributed by atoms with Crippen LogP contribution in [0.25, 0.3) is 10.9 Å². The van der Waals surface area contributed by atoms with Crippen LogP contribution in [0.15, 0.2) is 35.1 Å². The lowest BCUT2D eigenvalue weighted by Crippen LogP contribution is -2.35. The van der Waals surface area contributed by atoms with Crippen molar-refractivity contribution in [3.8, 4) is 0 Å². The third-order valence-corrected chi connectivity index (χ3v) is 4.41. The molecule has 1 heterocycles. The first kappa shape index (κ1) is 14.7. The summed E-state index contributed by atoms with van der Waals surface area (Å²) in [7, 11) is 0. The third-order valence-electron chi connectivity index (χ3n) is 4.41. The van der Waals surface area contributed by atoms with E-state index in [0.717, 1.165) is 17.6 Å². The van der Waals surface area contributed by atoms with Gasteiger partial charge in [0, 0.05) is 12.8 Å². The molecular formula is C18H20N2O2. The van der Waals surface area contributed by atoms with Gasteiger partial charge in [-0.05, 0) is 31.4 Å². The summed E-state index contributed by atoms with van der Waals surface area (Å²) in [6.07, 6.45) is 2.43. The van der Waals surface area contributed by atoms with E-state index in [-0.39, 0.29) is 11.3 Å². The van der Waals surface area contributed by atoms with Crippen molar-refractivity contribution < 1.29 is 4.79 Å². The fraction of sp³-hybridized carbons (Fsp3) is 0.389. The minimum Gasteiger partial charge on any atom is -0.297 e. The van der Waals surface area contributed by atoms with Gasteiger partial charge in [-0.15, -0.1) is 0 Å². The van der Waals surface area contributed by atoms with Crippen LogP contribution in [0.2, 0.25) is 0 Å². The number of nitrogens with zero attached hydrogens (tertiary/aromatic N) is 2. The maximum absolute atomic E-state index is 13.0. The molecular weight excluding hydrogens is 276 g/mol. The fourth-order valence-corrected chi connectivity index (χ4v) is 3.25. The Morgan fingerprint density at radius 3 is 2.82 bits per heavy atom. The normalized spacial score (nSPS) is 18.9. The predicted octanol–water partition coefficient (Wildman–Crippen LogP) is 3.12. The highest BCUT2D eigenvalue weighted by molar-refractivity contribution is 5.87. The van der Waals surface area contributed by atoms with Gasteiger partial charge >= 0.3 is 0 Å². The number of hydrogen-bond acceptors (Lipinski definition) is 3. The molecule has 1 fully saturated rings. The number of benzene rings is 1. The monoisotopic (exact) mass is 296 g/mol. The maximum Gasteiger partial charge on any atom is 0.262 e. The van der Waals surface area contributed by atoms with Crippen LogP contribution >= 0.6 is 0 Å². The summed E-state index contributed by atoms with van der Waals surface area (Å²) >= 11 is 0. The summed E-state index contributed by atoms with van der Waals surface area (Å²) in [6, 6.07) is 5.28. The molecule has 1 atom stereocenters. The van der Waals surface area contributed by atoms with Crippen molar-refractivity contribution in [2.24, 2.45) is 0 Å². The highest BCUT2D eigenvalue weighted by atomic mass is 16.1. The van der Waals surface area contributed by atoms with Crippen molar-refractivity contribution in [3.05, 3.63) is 52.1 Å². The molecule has 0 radical (unpaired) electrons. The van der Waals surface area contributed by atoms with Crippen LogP contribution in [0.4, 0.5) is 0 Å². The molecule has 0 aliphatic heterocycles. The highest BCUT2D eigenvalue weighted by Crippen LogP contribution is 2.28. The molecule has 0 N–H and O–H groups in total. The highest BCUT2D eigenvalue weighted by Gasteiger charge is 2.29. The number of ketones is 1. The van der Waals surface area contributed by atoms with Gasteiger partial charge in [-0.1, -0.05) is 31.2 Å². The van der Waals surface area contributed by atoms with Crippen molar-refractivity contribution in [1.82, 2.24) is 9.55 Å². The van der Waals surface area contributed by atoms with Gasteiger partial charge in [0.2, 0.25) is 0 Å². The molecule has 114 valence electrons. The molecule has 0 saturated heterocycles. The second-order valence-electron chi connectivity index (χ2n) is 5.97. The molecule has 3 rings (SSSR count). The van der Waals surface area contributed by atoms with Gasteiger partial charge in [-0.2, -0.15) is 0 Å². The standard InChI is InChI=1S/C18H20N2O2/c1-4-16-19-13-7-5-6-12(3)17(13)18(22)20(16)14-9-8-11(2)10-15(14)21/h5-7,14H,2,4,8-10H2,1,3H3. The summed E-state index contributed by atoms with van der Waals surface area (Å²) in [5.41, 5.74) is 2.48. The largest absolute Gasteiger partial charge is 0.297 e. The van der Waals surface area contributed by atoms with E-state index >= 15 is 0 Å². The molecule has 1 unspecified atom stereocenters. The van der Waals surface area contributed by atoms with Crippen LogP contribution in [0.1, 0.15) is 43.6 Å². The zero-order valence-corrected chi connectivity index (χ0v) is 13.1. The minimum atomic E-state index is -0.399. The van der Waals surface area contributed by atoms with Gasteiger partial charge < -0.3 is 0 Å². The minimum absolute atomic E-state index is 0.0720. The van der Waals surface area contributed by atoms with E-state index < -0.39 is 6.04 Å². The number of carbonyl (C=O) groups is 1. The molecule has 1 aliphatic rings. The first-order valence-electron chi connectivity index (χ1n) is 7.73. The van der Waals surface area contributed by atoms with Crippen LogP contribution in [-0.4, -0.2) is 15.3 Å². The quantitative estimate of drug-likeness (QED) is 0.800. The third kappa shape index (κ3) is 2.28. The SMILES string of the molecule is C=C1CCC(n2c(CC)nc3cccc(C)c3c2=O)C(=O)C1. The van der Waals surface area contributed by atoms with Crippen LogP contribution in [0.5, 0.6) is 0 Å². The zero-order chi connectivity index (χ0) is 15.9. The van der Waals surface area contributed by atoms with Crippen LogP contribution < -0.4 is 5.56 Å². The van der Waals surface area contributed by atoms with Gasteiger partial charge in [-0.25, -0.2) is 4.98 Å². The second kappa shape index (κ2) is 5.52. The fourth-order valence-electron chi connectivity index (χ4n) is 3.25. The Hall–Kier alpha value is -2.23. The Balaban J connectivity index is 2.26. The molecule has 4 nitrogen and oxygen atoms in total. The van der Waals surface area contributed by atoms with Crippen molar-refractivity contribution in [2.75, 3.05) is 0 Å². The molecule has 1 aromatic carbocycles. The van der Waals surface area contributed by atoms with Gasteiger partial charge in [0.15, 0.2) is 5.78 Å². The molecule has 0 spiro atoms. The smallest absolute Gasteiger partial charge is 0.262 e. The number of fused-ring (bicyclic) bond motifs is 1. The molecule has 1 saturated carbocycles. The number of hydrogen-bond donors (Lipinski definition) is 0. The lowest BCUT2D eigenvalue weighted by atomic mass is 9.90. The Kier molecular flexibility index (Phi) is 3.69. The summed E-state index contributed by atoms with van der Waals surface area (Å²) in [6.45, 7) is 7.77. The van der Waals surface area contributed by atoms with E-state index in [2.05, 4.69) is 11.6 Å². The van der Waals surface area contributed by atoms with E-state index in [1.165, 1.54) is 0 Å². The zero-order valence-electron chi connectivity index (χ0n) is 13.1. The summed E-state index contributed by atoms with van der Waals surface area (Å²) in [5.74, 6) is 0.761. The Labute approximate surface area is 129 Å². The molecule has 1 aliphatic carbocycles. The molecule has 0 amide bonds. The average Bonchev–Trinajstić information content (AvgIpc) is 2.48. The average molecular weight is 296 g/mol. The number of carbonyl (C=O) groups excluding carboxylic acids is 1. The number of allylic oxidation sites excluding steroid dienone is 1. The van der Waals surface area contributed by atoms with Crippen molar-refractivity contribution in [3.63, 3.8) is 0 Å². The number of rotatable bonds is 2. The van der Waals surface area contributed by atoms with Gasteiger partial charge in [0.25, 0.3) is 5.56 Å². The Morgan fingerprint density at radius 2 is 2.14 bits per heavy atom. The van der Waals surface area contributed by atoms with E-state index in [1.807, 2.05) is 32.0 Å². The van der Waals surface area contributed by atoms with Crippen molar-refractivity contribution in [1.29, 1.82) is 0 Å². The lowest BCUT2D eigenvalue weighted by molar-refractivity contribution is -0.122.